The summed E-state index contributed by atoms with van der Waals surface area (Å²) in [5.41, 5.74) is 0. The van der Waals surface area contributed by atoms with Gasteiger partial charge in [-0.05, 0) is 6.42 Å². The molecule has 0 aliphatic heterocycles. The Labute approximate surface area is 50.8 Å². The normalized spacial score (nSPS) is 10.9. The summed E-state index contributed by atoms with van der Waals surface area (Å²) in [7, 11) is 0. The number of halogens is 3. The first kappa shape index (κ1) is 8.31. The Morgan fingerprint density at radius 2 is 2.00 bits per heavy atom. The summed E-state index contributed by atoms with van der Waals surface area (Å²) in [6.45, 7) is -1.71. The number of hydrogen-bond donors (Lipinski definition) is 0. The molecule has 0 atom stereocenters. The second kappa shape index (κ2) is 3.36. The van der Waals surface area contributed by atoms with Gasteiger partial charge in [0, 0.05) is 0 Å². The lowest BCUT2D eigenvalue weighted by atomic mass is 10.7. The number of alkyl halides is 3. The summed E-state index contributed by atoms with van der Waals surface area (Å²) < 4.78 is 37.4. The van der Waals surface area contributed by atoms with E-state index in [1.54, 1.807) is 5.92 Å². The second-order valence-corrected chi connectivity index (χ2v) is 1.28. The molecule has 0 bridgehead atoms. The molecule has 0 aromatic carbocycles. The van der Waals surface area contributed by atoms with Gasteiger partial charge in [0.15, 0.2) is 0 Å². The zero-order valence-corrected chi connectivity index (χ0v) is 4.46. The van der Waals surface area contributed by atoms with Crippen LogP contribution in [0.25, 0.3) is 0 Å². The number of hydrogen-bond acceptors (Lipinski definition) is 1. The zero-order valence-electron chi connectivity index (χ0n) is 4.46. The summed E-state index contributed by atoms with van der Waals surface area (Å²) >= 11 is 0. The Morgan fingerprint density at radius 3 is 2.33 bits per heavy atom. The van der Waals surface area contributed by atoms with Gasteiger partial charge in [0.2, 0.25) is 0 Å². The van der Waals surface area contributed by atoms with Gasteiger partial charge < -0.3 is 4.74 Å². The maximum atomic E-state index is 11.2. The van der Waals surface area contributed by atoms with E-state index in [9.17, 15) is 13.2 Å². The highest BCUT2D eigenvalue weighted by molar-refractivity contribution is 4.73. The van der Waals surface area contributed by atoms with Crippen LogP contribution in [0.5, 0.6) is 0 Å². The van der Waals surface area contributed by atoms with Crippen LogP contribution in [0, 0.1) is 12.3 Å². The van der Waals surface area contributed by atoms with E-state index in [2.05, 4.69) is 4.74 Å². The Kier molecular flexibility index (Phi) is 3.10. The minimum absolute atomic E-state index is 0.403. The lowest BCUT2D eigenvalue weighted by Gasteiger charge is -2.03. The van der Waals surface area contributed by atoms with Crippen molar-refractivity contribution in [1.82, 2.24) is 0 Å². The molecule has 0 fully saturated rings. The van der Waals surface area contributed by atoms with Crippen LogP contribution in [-0.2, 0) is 4.74 Å². The van der Waals surface area contributed by atoms with Crippen LogP contribution in [0.2, 0.25) is 0 Å². The van der Waals surface area contributed by atoms with E-state index < -0.39 is 19.4 Å². The van der Waals surface area contributed by atoms with Crippen molar-refractivity contribution in [3.05, 3.63) is 6.42 Å². The monoisotopic (exact) mass is 137 g/mol. The first-order valence-corrected chi connectivity index (χ1v) is 2.10. The van der Waals surface area contributed by atoms with Crippen molar-refractivity contribution >= 4 is 0 Å². The van der Waals surface area contributed by atoms with Gasteiger partial charge in [-0.1, -0.05) is 5.92 Å². The van der Waals surface area contributed by atoms with Crippen molar-refractivity contribution < 1.29 is 17.9 Å². The molecule has 0 spiro atoms. The van der Waals surface area contributed by atoms with Gasteiger partial charge in [-0.2, -0.15) is 13.2 Å². The van der Waals surface area contributed by atoms with Crippen LogP contribution < -0.4 is 0 Å². The molecule has 0 aliphatic carbocycles. The van der Waals surface area contributed by atoms with Crippen LogP contribution in [-0.4, -0.2) is 19.4 Å². The van der Waals surface area contributed by atoms with Gasteiger partial charge >= 0.3 is 6.18 Å². The second-order valence-electron chi connectivity index (χ2n) is 1.28. The van der Waals surface area contributed by atoms with Crippen LogP contribution in [0.1, 0.15) is 0 Å². The lowest BCUT2D eigenvalue weighted by molar-refractivity contribution is -0.170. The van der Waals surface area contributed by atoms with Crippen molar-refractivity contribution in [2.75, 3.05) is 13.2 Å². The van der Waals surface area contributed by atoms with Crippen LogP contribution in [0.3, 0.4) is 0 Å². The summed E-state index contributed by atoms with van der Waals surface area (Å²) in [4.78, 5) is 0. The van der Waals surface area contributed by atoms with Gasteiger partial charge in [-0.25, -0.2) is 0 Å². The molecule has 4 heteroatoms. The van der Waals surface area contributed by atoms with E-state index in [0.717, 1.165) is 0 Å². The minimum atomic E-state index is -4.29. The molecule has 0 unspecified atom stereocenters. The molecule has 0 aliphatic rings. The average molecular weight is 137 g/mol. The predicted octanol–water partition coefficient (Wildman–Crippen LogP) is 1.16. The molecule has 1 radical (unpaired) electrons. The van der Waals surface area contributed by atoms with E-state index in [0.29, 0.717) is 0 Å². The Balaban J connectivity index is 3.20. The van der Waals surface area contributed by atoms with Crippen LogP contribution in [0.4, 0.5) is 13.2 Å². The van der Waals surface area contributed by atoms with Crippen molar-refractivity contribution in [1.29, 1.82) is 0 Å². The van der Waals surface area contributed by atoms with Crippen LogP contribution in [0.15, 0.2) is 0 Å². The lowest BCUT2D eigenvalue weighted by Crippen LogP contribution is -2.16. The van der Waals surface area contributed by atoms with E-state index in [1.807, 2.05) is 0 Å². The van der Waals surface area contributed by atoms with Gasteiger partial charge in [-0.3, -0.25) is 0 Å². The summed E-state index contributed by atoms with van der Waals surface area (Å²) in [6.07, 6.45) is 1.87. The molecule has 51 valence electrons. The van der Waals surface area contributed by atoms with E-state index in [1.165, 1.54) is 0 Å². The first-order valence-electron chi connectivity index (χ1n) is 2.10. The van der Waals surface area contributed by atoms with Gasteiger partial charge in [0.25, 0.3) is 0 Å². The average Bonchev–Trinajstić information content (AvgIpc) is 1.63. The number of ether oxygens (including phenoxy) is 1. The zero-order chi connectivity index (χ0) is 7.33. The Hall–Kier alpha value is -0.690. The molecular formula is C5H4F3O. The largest absolute Gasteiger partial charge is 0.411 e. The third-order valence-electron chi connectivity index (χ3n) is 0.440. The highest BCUT2D eigenvalue weighted by Gasteiger charge is 2.26. The van der Waals surface area contributed by atoms with Crippen molar-refractivity contribution in [3.63, 3.8) is 0 Å². The molecule has 0 amide bonds. The van der Waals surface area contributed by atoms with E-state index >= 15 is 0 Å². The maximum Gasteiger partial charge on any atom is 0.411 e. The fourth-order valence-corrected chi connectivity index (χ4v) is 0.218. The summed E-state index contributed by atoms with van der Waals surface area (Å²) in [6, 6.07) is 0. The molecular weight excluding hydrogens is 133 g/mol. The predicted molar refractivity (Wildman–Crippen MR) is 24.0 cm³/mol. The molecule has 0 N–H and O–H groups in total. The minimum Gasteiger partial charge on any atom is -0.359 e. The van der Waals surface area contributed by atoms with Gasteiger partial charge in [0.1, 0.15) is 13.2 Å². The van der Waals surface area contributed by atoms with Crippen molar-refractivity contribution in [3.8, 4) is 5.92 Å². The Morgan fingerprint density at radius 1 is 1.44 bits per heavy atom. The molecule has 0 saturated carbocycles. The Bertz CT molecular complexity index is 110. The highest BCUT2D eigenvalue weighted by Crippen LogP contribution is 2.13. The van der Waals surface area contributed by atoms with Gasteiger partial charge in [-0.15, -0.1) is 0 Å². The van der Waals surface area contributed by atoms with Gasteiger partial charge in [0.05, 0.1) is 0 Å². The summed E-state index contributed by atoms with van der Waals surface area (Å²) in [5.74, 6) is 1.67. The molecule has 1 nitrogen and oxygen atoms in total. The van der Waals surface area contributed by atoms with Crippen molar-refractivity contribution in [2.24, 2.45) is 0 Å². The maximum absolute atomic E-state index is 11.2. The fraction of sp³-hybridized carbons (Fsp3) is 0.600. The fourth-order valence-electron chi connectivity index (χ4n) is 0.218. The quantitative estimate of drug-likeness (QED) is 0.410. The third kappa shape index (κ3) is 7.31. The smallest absolute Gasteiger partial charge is 0.359 e. The molecule has 9 heavy (non-hydrogen) atoms. The SMILES string of the molecule is [C]#CCOCC(F)(F)F. The van der Waals surface area contributed by atoms with Crippen LogP contribution >= 0.6 is 0 Å². The molecule has 0 aromatic rings. The first-order chi connectivity index (χ1) is 4.06. The summed E-state index contributed by atoms with van der Waals surface area (Å²) in [5, 5.41) is 0. The molecule has 0 saturated heterocycles. The standard InChI is InChI=1S/C5H4F3O/c1-2-3-9-4-5(6,7)8/h3-4H2. The van der Waals surface area contributed by atoms with E-state index in [4.69, 9.17) is 6.42 Å². The topological polar surface area (TPSA) is 9.23 Å². The number of rotatable bonds is 2. The molecule has 0 rings (SSSR count). The molecule has 0 heterocycles. The van der Waals surface area contributed by atoms with E-state index in [-0.39, 0.29) is 0 Å². The third-order valence-corrected chi connectivity index (χ3v) is 0.440. The molecule has 0 aromatic heterocycles. The highest BCUT2D eigenvalue weighted by atomic mass is 19.4. The van der Waals surface area contributed by atoms with Crippen molar-refractivity contribution in [2.45, 2.75) is 6.18 Å².